The quantitative estimate of drug-likeness (QED) is 0.303. The van der Waals surface area contributed by atoms with E-state index in [1.54, 1.807) is 0 Å². The van der Waals surface area contributed by atoms with Gasteiger partial charge in [-0.15, -0.1) is 0 Å². The molecule has 0 radical (unpaired) electrons. The Balaban J connectivity index is 1.81. The zero-order valence-electron chi connectivity index (χ0n) is 13.6. The molecule has 0 atom stereocenters. The maximum Gasteiger partial charge on any atom is 0.316 e. The van der Waals surface area contributed by atoms with Crippen LogP contribution in [0.25, 0.3) is 11.0 Å². The van der Waals surface area contributed by atoms with Gasteiger partial charge >= 0.3 is 11.7 Å². The van der Waals surface area contributed by atoms with Crippen molar-refractivity contribution in [3.8, 4) is 11.5 Å². The average Bonchev–Trinajstić information content (AvgIpc) is 2.96. The number of nitro benzene ring substituents is 1. The molecule has 0 unspecified atom stereocenters. The highest BCUT2D eigenvalue weighted by Gasteiger charge is 2.20. The van der Waals surface area contributed by atoms with Crippen molar-refractivity contribution >= 4 is 22.6 Å². The molecule has 0 saturated carbocycles. The summed E-state index contributed by atoms with van der Waals surface area (Å²) >= 11 is 0. The predicted octanol–water partition coefficient (Wildman–Crippen LogP) is 3.81. The number of furan rings is 1. The van der Waals surface area contributed by atoms with Crippen molar-refractivity contribution in [1.82, 2.24) is 0 Å². The molecule has 0 saturated heterocycles. The van der Waals surface area contributed by atoms with Gasteiger partial charge in [-0.2, -0.15) is 0 Å². The van der Waals surface area contributed by atoms with Gasteiger partial charge < -0.3 is 13.9 Å². The summed E-state index contributed by atoms with van der Waals surface area (Å²) in [6, 6.07) is 9.70. The molecule has 1 heterocycles. The van der Waals surface area contributed by atoms with Crippen molar-refractivity contribution in [2.45, 2.75) is 13.3 Å². The van der Waals surface area contributed by atoms with Gasteiger partial charge in [0.05, 0.1) is 30.8 Å². The third-order valence-corrected chi connectivity index (χ3v) is 3.73. The third-order valence-electron chi connectivity index (χ3n) is 3.73. The summed E-state index contributed by atoms with van der Waals surface area (Å²) in [5.41, 5.74) is 2.06. The van der Waals surface area contributed by atoms with Crippen LogP contribution in [0.2, 0.25) is 0 Å². The molecular formula is C18H15NO6. The number of hydrogen-bond acceptors (Lipinski definition) is 6. The van der Waals surface area contributed by atoms with Gasteiger partial charge in [0.25, 0.3) is 0 Å². The van der Waals surface area contributed by atoms with Crippen LogP contribution in [0.4, 0.5) is 5.69 Å². The number of rotatable bonds is 5. The van der Waals surface area contributed by atoms with E-state index in [2.05, 4.69) is 0 Å². The number of aryl methyl sites for hydroxylation is 1. The average molecular weight is 341 g/mol. The van der Waals surface area contributed by atoms with E-state index < -0.39 is 10.9 Å². The van der Waals surface area contributed by atoms with E-state index in [1.165, 1.54) is 31.6 Å². The number of nitrogens with zero attached hydrogens (tertiary/aromatic N) is 1. The number of ether oxygens (including phenoxy) is 2. The van der Waals surface area contributed by atoms with Gasteiger partial charge in [0.15, 0.2) is 0 Å². The first kappa shape index (κ1) is 16.5. The molecule has 0 aliphatic heterocycles. The lowest BCUT2D eigenvalue weighted by atomic mass is 10.1. The second-order valence-electron chi connectivity index (χ2n) is 5.50. The lowest BCUT2D eigenvalue weighted by molar-refractivity contribution is -0.385. The van der Waals surface area contributed by atoms with Crippen molar-refractivity contribution in [3.63, 3.8) is 0 Å². The molecule has 7 heteroatoms. The molecule has 1 aromatic heterocycles. The largest absolute Gasteiger partial charge is 0.496 e. The maximum atomic E-state index is 12.2. The van der Waals surface area contributed by atoms with Crippen LogP contribution in [0.1, 0.15) is 11.1 Å². The van der Waals surface area contributed by atoms with Crippen LogP contribution in [0.15, 0.2) is 47.1 Å². The normalized spacial score (nSPS) is 10.6. The summed E-state index contributed by atoms with van der Waals surface area (Å²) in [5, 5.41) is 12.0. The van der Waals surface area contributed by atoms with E-state index in [9.17, 15) is 14.9 Å². The Bertz CT molecular complexity index is 959. The number of benzene rings is 2. The number of carbonyl (C=O) groups excluding carboxylic acids is 1. The first-order valence-corrected chi connectivity index (χ1v) is 7.48. The first-order chi connectivity index (χ1) is 12.0. The highest BCUT2D eigenvalue weighted by molar-refractivity contribution is 5.87. The minimum atomic E-state index is -0.624. The van der Waals surface area contributed by atoms with Crippen LogP contribution in [0.5, 0.6) is 11.5 Å². The van der Waals surface area contributed by atoms with Gasteiger partial charge in [0.2, 0.25) is 5.75 Å². The Morgan fingerprint density at radius 1 is 1.24 bits per heavy atom. The second kappa shape index (κ2) is 6.64. The fourth-order valence-electron chi connectivity index (χ4n) is 2.49. The molecule has 3 aromatic rings. The lowest BCUT2D eigenvalue weighted by Gasteiger charge is -2.06. The molecule has 0 amide bonds. The molecule has 0 aliphatic carbocycles. The number of methoxy groups -OCH3 is 1. The molecular weight excluding hydrogens is 326 g/mol. The van der Waals surface area contributed by atoms with E-state index in [-0.39, 0.29) is 17.9 Å². The van der Waals surface area contributed by atoms with Crippen LogP contribution in [-0.4, -0.2) is 18.0 Å². The molecule has 25 heavy (non-hydrogen) atoms. The third kappa shape index (κ3) is 3.45. The zero-order valence-corrected chi connectivity index (χ0v) is 13.6. The summed E-state index contributed by atoms with van der Waals surface area (Å²) in [6.07, 6.45) is 1.44. The highest BCUT2D eigenvalue weighted by atomic mass is 16.6. The minimum absolute atomic E-state index is 0.0563. The highest BCUT2D eigenvalue weighted by Crippen LogP contribution is 2.31. The molecule has 2 aromatic carbocycles. The van der Waals surface area contributed by atoms with Gasteiger partial charge in [0, 0.05) is 10.9 Å². The summed E-state index contributed by atoms with van der Waals surface area (Å²) in [7, 11) is 1.40. The minimum Gasteiger partial charge on any atom is -0.496 e. The second-order valence-corrected chi connectivity index (χ2v) is 5.50. The molecule has 3 rings (SSSR count). The van der Waals surface area contributed by atoms with Crippen LogP contribution >= 0.6 is 0 Å². The number of carbonyl (C=O) groups is 1. The van der Waals surface area contributed by atoms with Crippen molar-refractivity contribution in [1.29, 1.82) is 0 Å². The zero-order chi connectivity index (χ0) is 18.0. The standard InChI is InChI=1S/C18H15NO6/c1-11-3-5-14-12(10-24-17(14)7-11)8-18(20)25-16-6-4-13(23-2)9-15(16)19(21)22/h3-7,9-10H,8H2,1-2H3. The molecule has 0 aliphatic rings. The topological polar surface area (TPSA) is 91.8 Å². The van der Waals surface area contributed by atoms with E-state index in [0.717, 1.165) is 10.9 Å². The van der Waals surface area contributed by atoms with Gasteiger partial charge in [-0.1, -0.05) is 12.1 Å². The van der Waals surface area contributed by atoms with Crippen molar-refractivity contribution in [2.24, 2.45) is 0 Å². The Kier molecular flexibility index (Phi) is 4.38. The summed E-state index contributed by atoms with van der Waals surface area (Å²) < 4.78 is 15.6. The first-order valence-electron chi connectivity index (χ1n) is 7.48. The van der Waals surface area contributed by atoms with Gasteiger partial charge in [0.1, 0.15) is 11.3 Å². The van der Waals surface area contributed by atoms with Crippen LogP contribution in [0, 0.1) is 17.0 Å². The number of fused-ring (bicyclic) bond motifs is 1. The molecule has 0 N–H and O–H groups in total. The Labute approximate surface area is 142 Å². The van der Waals surface area contributed by atoms with Crippen LogP contribution in [-0.2, 0) is 11.2 Å². The Morgan fingerprint density at radius 3 is 2.76 bits per heavy atom. The SMILES string of the molecule is COc1ccc(OC(=O)Cc2coc3cc(C)ccc23)c([N+](=O)[O-])c1. The van der Waals surface area contributed by atoms with E-state index in [4.69, 9.17) is 13.9 Å². The van der Waals surface area contributed by atoms with Crippen LogP contribution < -0.4 is 9.47 Å². The van der Waals surface area contributed by atoms with Crippen LogP contribution in [0.3, 0.4) is 0 Å². The number of hydrogen-bond donors (Lipinski definition) is 0. The van der Waals surface area contributed by atoms with E-state index >= 15 is 0 Å². The van der Waals surface area contributed by atoms with E-state index in [1.807, 2.05) is 25.1 Å². The van der Waals surface area contributed by atoms with Gasteiger partial charge in [-0.3, -0.25) is 14.9 Å². The van der Waals surface area contributed by atoms with Crippen molar-refractivity contribution < 1.29 is 23.6 Å². The molecule has 0 bridgehead atoms. The Morgan fingerprint density at radius 2 is 2.04 bits per heavy atom. The number of esters is 1. The number of nitro groups is 1. The molecule has 128 valence electrons. The summed E-state index contributed by atoms with van der Waals surface area (Å²) in [6.45, 7) is 1.94. The lowest BCUT2D eigenvalue weighted by Crippen LogP contribution is -2.12. The summed E-state index contributed by atoms with van der Waals surface area (Å²) in [4.78, 5) is 22.7. The Hall–Kier alpha value is -3.35. The van der Waals surface area contributed by atoms with Crippen molar-refractivity contribution in [3.05, 3.63) is 63.9 Å². The van der Waals surface area contributed by atoms with Gasteiger partial charge in [-0.05, 0) is 30.7 Å². The van der Waals surface area contributed by atoms with Crippen molar-refractivity contribution in [2.75, 3.05) is 7.11 Å². The fourth-order valence-corrected chi connectivity index (χ4v) is 2.49. The van der Waals surface area contributed by atoms with E-state index in [0.29, 0.717) is 16.9 Å². The smallest absolute Gasteiger partial charge is 0.316 e. The maximum absolute atomic E-state index is 12.2. The van der Waals surface area contributed by atoms with Gasteiger partial charge in [-0.25, -0.2) is 0 Å². The molecule has 0 fully saturated rings. The monoisotopic (exact) mass is 341 g/mol. The molecule has 0 spiro atoms. The predicted molar refractivity (Wildman–Crippen MR) is 89.9 cm³/mol. The fraction of sp³-hybridized carbons (Fsp3) is 0.167. The summed E-state index contributed by atoms with van der Waals surface area (Å²) in [5.74, 6) is -0.432. The molecule has 7 nitrogen and oxygen atoms in total.